The summed E-state index contributed by atoms with van der Waals surface area (Å²) in [5.74, 6) is -1.77. The van der Waals surface area contributed by atoms with Gasteiger partial charge >= 0.3 is 11.9 Å². The highest BCUT2D eigenvalue weighted by atomic mass is 32.1. The summed E-state index contributed by atoms with van der Waals surface area (Å²) in [7, 11) is 0. The molecule has 0 amide bonds. The molecule has 4 aromatic rings. The predicted octanol–water partition coefficient (Wildman–Crippen LogP) is 9.80. The molecule has 0 aromatic carbocycles. The Hall–Kier alpha value is -2.26. The standard InChI is InChI=1S/C28H30O4S4/c1-3-5-7-9-17-15-23(19-11-13-21(33-19)27(29)30)35-25(17)26-18(10-8-6-4-2)16-24(36-26)20-12-14-22(34-20)28(31)32/h11-16H,3-10H2,1-2H3,(H,29,30)(H,31,32). The number of unbranched alkanes of at least 4 members (excludes halogenated alkanes) is 4. The fourth-order valence-electron chi connectivity index (χ4n) is 4.16. The number of hydrogen-bond donors (Lipinski definition) is 2. The van der Waals surface area contributed by atoms with Crippen molar-refractivity contribution in [2.24, 2.45) is 0 Å². The van der Waals surface area contributed by atoms with E-state index in [-0.39, 0.29) is 0 Å². The molecule has 0 saturated carbocycles. The number of hydrogen-bond acceptors (Lipinski definition) is 6. The fourth-order valence-corrected chi connectivity index (χ4v) is 8.63. The molecule has 0 aliphatic heterocycles. The molecular formula is C28H30O4S4. The molecule has 0 aliphatic carbocycles. The molecular weight excluding hydrogens is 529 g/mol. The molecule has 0 radical (unpaired) electrons. The Morgan fingerprint density at radius 1 is 0.611 bits per heavy atom. The lowest BCUT2D eigenvalue weighted by molar-refractivity contribution is 0.0691. The fraction of sp³-hybridized carbons (Fsp3) is 0.357. The molecule has 2 N–H and O–H groups in total. The first-order chi connectivity index (χ1) is 17.4. The minimum Gasteiger partial charge on any atom is -0.477 e. The SMILES string of the molecule is CCCCCc1cc(-c2ccc(C(=O)O)s2)sc1-c1sc(-c2ccc(C(=O)O)s2)cc1CCCCC. The normalized spacial score (nSPS) is 11.3. The molecule has 0 aliphatic rings. The maximum absolute atomic E-state index is 11.4. The molecule has 0 spiro atoms. The van der Waals surface area contributed by atoms with Crippen molar-refractivity contribution in [3.63, 3.8) is 0 Å². The molecule has 190 valence electrons. The lowest BCUT2D eigenvalue weighted by Gasteiger charge is -2.05. The van der Waals surface area contributed by atoms with Crippen molar-refractivity contribution in [1.29, 1.82) is 0 Å². The van der Waals surface area contributed by atoms with Crippen molar-refractivity contribution in [2.75, 3.05) is 0 Å². The summed E-state index contributed by atoms with van der Waals surface area (Å²) < 4.78 is 0. The topological polar surface area (TPSA) is 74.6 Å². The van der Waals surface area contributed by atoms with E-state index in [0.29, 0.717) is 9.75 Å². The average Bonchev–Trinajstić information content (AvgIpc) is 3.64. The largest absolute Gasteiger partial charge is 0.477 e. The van der Waals surface area contributed by atoms with E-state index in [1.54, 1.807) is 34.8 Å². The zero-order valence-corrected chi connectivity index (χ0v) is 23.7. The lowest BCUT2D eigenvalue weighted by Crippen LogP contribution is -1.89. The summed E-state index contributed by atoms with van der Waals surface area (Å²) in [5.41, 5.74) is 2.66. The van der Waals surface area contributed by atoms with Crippen LogP contribution in [0.5, 0.6) is 0 Å². The summed E-state index contributed by atoms with van der Waals surface area (Å²) in [5, 5.41) is 18.8. The van der Waals surface area contributed by atoms with E-state index in [1.807, 2.05) is 12.1 Å². The molecule has 0 fully saturated rings. The molecule has 0 atom stereocenters. The van der Waals surface area contributed by atoms with Gasteiger partial charge in [0.2, 0.25) is 0 Å². The second-order valence-electron chi connectivity index (χ2n) is 8.78. The first-order valence-corrected chi connectivity index (χ1v) is 15.6. The quantitative estimate of drug-likeness (QED) is 0.160. The number of thiophene rings is 4. The molecule has 4 aromatic heterocycles. The van der Waals surface area contributed by atoms with Gasteiger partial charge in [0.05, 0.1) is 0 Å². The third-order valence-electron chi connectivity index (χ3n) is 6.04. The number of rotatable bonds is 13. The van der Waals surface area contributed by atoms with Crippen molar-refractivity contribution >= 4 is 57.3 Å². The zero-order chi connectivity index (χ0) is 25.7. The molecule has 4 rings (SSSR count). The van der Waals surface area contributed by atoms with Gasteiger partial charge in [-0.15, -0.1) is 45.3 Å². The third kappa shape index (κ3) is 6.17. The summed E-state index contributed by atoms with van der Waals surface area (Å²) in [6, 6.07) is 11.7. The van der Waals surface area contributed by atoms with Crippen molar-refractivity contribution in [1.82, 2.24) is 0 Å². The number of aromatic carboxylic acids is 2. The first kappa shape index (κ1) is 26.8. The average molecular weight is 559 g/mol. The zero-order valence-electron chi connectivity index (χ0n) is 20.5. The highest BCUT2D eigenvalue weighted by Gasteiger charge is 2.21. The van der Waals surface area contributed by atoms with E-state index in [9.17, 15) is 19.8 Å². The highest BCUT2D eigenvalue weighted by Crippen LogP contribution is 2.48. The van der Waals surface area contributed by atoms with Gasteiger partial charge in [0.1, 0.15) is 9.75 Å². The Labute approximate surface area is 227 Å². The van der Waals surface area contributed by atoms with Gasteiger partial charge < -0.3 is 10.2 Å². The summed E-state index contributed by atoms with van der Waals surface area (Å²) in [4.78, 5) is 30.4. The van der Waals surface area contributed by atoms with E-state index in [1.165, 1.54) is 56.4 Å². The Morgan fingerprint density at radius 3 is 1.36 bits per heavy atom. The highest BCUT2D eigenvalue weighted by molar-refractivity contribution is 7.29. The number of carboxylic acids is 2. The van der Waals surface area contributed by atoms with Gasteiger partial charge in [-0.25, -0.2) is 9.59 Å². The Kier molecular flexibility index (Phi) is 9.17. The van der Waals surface area contributed by atoms with Crippen LogP contribution in [-0.2, 0) is 12.8 Å². The minimum absolute atomic E-state index is 0.359. The van der Waals surface area contributed by atoms with E-state index < -0.39 is 11.9 Å². The van der Waals surface area contributed by atoms with Crippen LogP contribution < -0.4 is 0 Å². The number of aryl methyl sites for hydroxylation is 2. The second kappa shape index (κ2) is 12.3. The van der Waals surface area contributed by atoms with Crippen LogP contribution >= 0.6 is 45.3 Å². The Balaban J connectivity index is 1.78. The maximum atomic E-state index is 11.4. The molecule has 4 heterocycles. The molecule has 0 saturated heterocycles. The second-order valence-corrected chi connectivity index (χ2v) is 13.1. The molecule has 0 bridgehead atoms. The van der Waals surface area contributed by atoms with E-state index in [4.69, 9.17) is 0 Å². The molecule has 0 unspecified atom stereocenters. The van der Waals surface area contributed by atoms with Crippen LogP contribution in [0.2, 0.25) is 0 Å². The smallest absolute Gasteiger partial charge is 0.345 e. The van der Waals surface area contributed by atoms with Gasteiger partial charge in [0, 0.05) is 29.3 Å². The van der Waals surface area contributed by atoms with Gasteiger partial charge in [0.25, 0.3) is 0 Å². The molecule has 36 heavy (non-hydrogen) atoms. The van der Waals surface area contributed by atoms with Gasteiger partial charge in [-0.1, -0.05) is 39.5 Å². The van der Waals surface area contributed by atoms with Crippen molar-refractivity contribution in [3.05, 3.63) is 57.3 Å². The number of carbonyl (C=O) groups is 2. The van der Waals surface area contributed by atoms with E-state index in [0.717, 1.165) is 58.0 Å². The van der Waals surface area contributed by atoms with E-state index in [2.05, 4.69) is 26.0 Å². The first-order valence-electron chi connectivity index (χ1n) is 12.3. The van der Waals surface area contributed by atoms with Crippen molar-refractivity contribution in [3.8, 4) is 29.3 Å². The summed E-state index contributed by atoms with van der Waals surface area (Å²) in [6.45, 7) is 4.42. The number of carboxylic acid groups (broad SMARTS) is 2. The monoisotopic (exact) mass is 558 g/mol. The maximum Gasteiger partial charge on any atom is 0.345 e. The van der Waals surface area contributed by atoms with Crippen LogP contribution in [0.3, 0.4) is 0 Å². The van der Waals surface area contributed by atoms with Crippen LogP contribution in [-0.4, -0.2) is 22.2 Å². The van der Waals surface area contributed by atoms with Gasteiger partial charge in [-0.3, -0.25) is 0 Å². The molecule has 8 heteroatoms. The lowest BCUT2D eigenvalue weighted by atomic mass is 10.0. The van der Waals surface area contributed by atoms with Crippen LogP contribution in [0.4, 0.5) is 0 Å². The molecule has 4 nitrogen and oxygen atoms in total. The predicted molar refractivity (Wildman–Crippen MR) is 155 cm³/mol. The van der Waals surface area contributed by atoms with E-state index >= 15 is 0 Å². The Bertz CT molecular complexity index is 1230. The third-order valence-corrected chi connectivity index (χ3v) is 11.1. The van der Waals surface area contributed by atoms with Crippen molar-refractivity contribution < 1.29 is 19.8 Å². The van der Waals surface area contributed by atoms with Crippen LogP contribution in [0.15, 0.2) is 36.4 Å². The van der Waals surface area contributed by atoms with Gasteiger partial charge in [-0.2, -0.15) is 0 Å². The van der Waals surface area contributed by atoms with Gasteiger partial charge in [-0.05, 0) is 73.2 Å². The summed E-state index contributed by atoms with van der Waals surface area (Å²) >= 11 is 6.17. The minimum atomic E-state index is -0.885. The van der Waals surface area contributed by atoms with Crippen LogP contribution in [0, 0.1) is 0 Å². The van der Waals surface area contributed by atoms with Crippen LogP contribution in [0.25, 0.3) is 29.3 Å². The van der Waals surface area contributed by atoms with Gasteiger partial charge in [0.15, 0.2) is 0 Å². The van der Waals surface area contributed by atoms with Crippen LogP contribution in [0.1, 0.15) is 82.8 Å². The summed E-state index contributed by atoms with van der Waals surface area (Å²) in [6.07, 6.45) is 8.94. The Morgan fingerprint density at radius 2 is 1.03 bits per heavy atom. The van der Waals surface area contributed by atoms with Crippen molar-refractivity contribution in [2.45, 2.75) is 65.2 Å².